The maximum absolute atomic E-state index is 12.4. The average Bonchev–Trinajstić information content (AvgIpc) is 2.87. The van der Waals surface area contributed by atoms with Gasteiger partial charge in [-0.05, 0) is 36.5 Å². The molecule has 8 rings (SSSR count). The SMILES string of the molecule is Cn1c(=O)n2n(c1=O)[C@@H]1[C@H]3[C@@H]4[C@@H]5[C@H]3[C@]13CCC[C@@]53[C@H]42. The maximum atomic E-state index is 12.4. The molecule has 0 unspecified atom stereocenters. The summed E-state index contributed by atoms with van der Waals surface area (Å²) in [7, 11) is 1.64. The summed E-state index contributed by atoms with van der Waals surface area (Å²) in [5, 5.41) is 0. The summed E-state index contributed by atoms with van der Waals surface area (Å²) < 4.78 is 5.08. The average molecular weight is 257 g/mol. The van der Waals surface area contributed by atoms with Crippen LogP contribution in [0.3, 0.4) is 0 Å². The number of nitrogens with zero attached hydrogens (tertiary/aromatic N) is 3. The van der Waals surface area contributed by atoms with Crippen LogP contribution in [-0.2, 0) is 7.05 Å². The Kier molecular flexibility index (Phi) is 0.881. The van der Waals surface area contributed by atoms with Crippen LogP contribution in [0.15, 0.2) is 9.59 Å². The van der Waals surface area contributed by atoms with E-state index in [0.717, 1.165) is 23.7 Å². The third kappa shape index (κ3) is 0.432. The van der Waals surface area contributed by atoms with Crippen molar-refractivity contribution in [1.82, 2.24) is 13.9 Å². The van der Waals surface area contributed by atoms with Crippen LogP contribution < -0.4 is 11.4 Å². The molecule has 98 valence electrons. The summed E-state index contributed by atoms with van der Waals surface area (Å²) in [6.45, 7) is 0. The molecule has 1 aromatic heterocycles. The standard InChI is InChI=1S/C14H15N3O2/c1-15-11(18)16-9-5-6-8-7(5)13(9)3-2-4-14(8,13)10(6)17(16)12(15)19/h5-10H,2-4H2,1H3/t5-,6+,7-,8+,9+,10-,13+,14-. The van der Waals surface area contributed by atoms with Gasteiger partial charge >= 0.3 is 11.4 Å². The van der Waals surface area contributed by atoms with Crippen molar-refractivity contribution in [2.75, 3.05) is 0 Å². The Morgan fingerprint density at radius 2 is 1.42 bits per heavy atom. The van der Waals surface area contributed by atoms with Crippen molar-refractivity contribution in [3.8, 4) is 0 Å². The smallest absolute Gasteiger partial charge is 0.246 e. The Labute approximate surface area is 108 Å². The van der Waals surface area contributed by atoms with E-state index in [0.29, 0.717) is 22.9 Å². The molecule has 0 saturated heterocycles. The van der Waals surface area contributed by atoms with Gasteiger partial charge in [-0.1, -0.05) is 6.42 Å². The molecule has 8 atom stereocenters. The fraction of sp³-hybridized carbons (Fsp3) is 0.857. The first-order valence-corrected chi connectivity index (χ1v) is 7.58. The lowest BCUT2D eigenvalue weighted by Gasteiger charge is -3.00. The molecule has 7 aliphatic rings. The van der Waals surface area contributed by atoms with Gasteiger partial charge in [-0.15, -0.1) is 0 Å². The van der Waals surface area contributed by atoms with Gasteiger partial charge in [0.2, 0.25) is 0 Å². The van der Waals surface area contributed by atoms with E-state index in [1.54, 1.807) is 7.05 Å². The zero-order valence-electron chi connectivity index (χ0n) is 10.7. The highest BCUT2D eigenvalue weighted by atomic mass is 16.2. The predicted molar refractivity (Wildman–Crippen MR) is 64.7 cm³/mol. The second-order valence-electron chi connectivity index (χ2n) is 7.84. The summed E-state index contributed by atoms with van der Waals surface area (Å²) in [6.07, 6.45) is 3.95. The maximum Gasteiger partial charge on any atom is 0.347 e. The second-order valence-corrected chi connectivity index (χ2v) is 7.84. The van der Waals surface area contributed by atoms with Gasteiger partial charge in [0.1, 0.15) is 0 Å². The van der Waals surface area contributed by atoms with Crippen molar-refractivity contribution >= 4 is 0 Å². The molecule has 2 aliphatic heterocycles. The van der Waals surface area contributed by atoms with Gasteiger partial charge in [-0.25, -0.2) is 23.5 Å². The zero-order chi connectivity index (χ0) is 12.5. The van der Waals surface area contributed by atoms with Gasteiger partial charge in [0.15, 0.2) is 0 Å². The van der Waals surface area contributed by atoms with Gasteiger partial charge in [0.25, 0.3) is 0 Å². The zero-order valence-corrected chi connectivity index (χ0v) is 10.7. The van der Waals surface area contributed by atoms with Gasteiger partial charge < -0.3 is 0 Å². The van der Waals surface area contributed by atoms with Gasteiger partial charge in [0.05, 0.1) is 12.1 Å². The first kappa shape index (κ1) is 8.82. The topological polar surface area (TPSA) is 48.9 Å². The lowest BCUT2D eigenvalue weighted by Crippen LogP contribution is -2.99. The molecule has 1 aromatic rings. The first-order chi connectivity index (χ1) is 9.18. The third-order valence-corrected chi connectivity index (χ3v) is 8.41. The van der Waals surface area contributed by atoms with E-state index in [-0.39, 0.29) is 11.4 Å². The molecule has 3 heterocycles. The fourth-order valence-corrected chi connectivity index (χ4v) is 8.48. The van der Waals surface area contributed by atoms with Crippen molar-refractivity contribution in [2.45, 2.75) is 31.3 Å². The molecular weight excluding hydrogens is 242 g/mol. The monoisotopic (exact) mass is 257 g/mol. The van der Waals surface area contributed by atoms with Crippen molar-refractivity contribution in [3.63, 3.8) is 0 Å². The lowest BCUT2D eigenvalue weighted by atomic mass is 9.06. The van der Waals surface area contributed by atoms with Crippen LogP contribution in [-0.4, -0.2) is 13.9 Å². The Morgan fingerprint density at radius 3 is 1.89 bits per heavy atom. The number of hydrogen-bond acceptors (Lipinski definition) is 2. The predicted octanol–water partition coefficient (Wildman–Crippen LogP) is 0.120. The van der Waals surface area contributed by atoms with Crippen molar-refractivity contribution < 1.29 is 0 Å². The Balaban J connectivity index is 1.69. The second kappa shape index (κ2) is 1.90. The van der Waals surface area contributed by atoms with E-state index in [1.807, 2.05) is 9.36 Å². The quantitative estimate of drug-likeness (QED) is 0.663. The number of hydrogen-bond donors (Lipinski definition) is 0. The molecule has 0 aromatic carbocycles. The highest BCUT2D eigenvalue weighted by molar-refractivity contribution is 5.49. The summed E-state index contributed by atoms with van der Waals surface area (Å²) in [5.74, 6) is 3.35. The molecule has 2 spiro atoms. The first-order valence-electron chi connectivity index (χ1n) is 7.58. The Hall–Kier alpha value is -1.26. The fourth-order valence-electron chi connectivity index (χ4n) is 8.48. The highest BCUT2D eigenvalue weighted by Gasteiger charge is 3.03. The number of rotatable bonds is 0. The highest BCUT2D eigenvalue weighted by Crippen LogP contribution is 3.05. The van der Waals surface area contributed by atoms with E-state index >= 15 is 0 Å². The van der Waals surface area contributed by atoms with Crippen LogP contribution in [0.5, 0.6) is 0 Å². The Bertz CT molecular complexity index is 765. The van der Waals surface area contributed by atoms with E-state index in [1.165, 1.54) is 23.8 Å². The van der Waals surface area contributed by atoms with Crippen LogP contribution in [0.2, 0.25) is 0 Å². The van der Waals surface area contributed by atoms with Gasteiger partial charge in [-0.3, -0.25) is 0 Å². The van der Waals surface area contributed by atoms with Crippen LogP contribution in [0.25, 0.3) is 0 Å². The van der Waals surface area contributed by atoms with Gasteiger partial charge in [0, 0.05) is 17.9 Å². The van der Waals surface area contributed by atoms with Crippen LogP contribution in [0.4, 0.5) is 0 Å². The minimum atomic E-state index is -0.0675. The summed E-state index contributed by atoms with van der Waals surface area (Å²) in [5.41, 5.74) is 0.753. The van der Waals surface area contributed by atoms with Gasteiger partial charge in [-0.2, -0.15) is 0 Å². The minimum absolute atomic E-state index is 0.0675. The van der Waals surface area contributed by atoms with E-state index in [9.17, 15) is 9.59 Å². The van der Waals surface area contributed by atoms with Crippen LogP contribution in [0, 0.1) is 34.5 Å². The Morgan fingerprint density at radius 1 is 0.947 bits per heavy atom. The minimum Gasteiger partial charge on any atom is -0.246 e. The molecule has 5 nitrogen and oxygen atoms in total. The van der Waals surface area contributed by atoms with Crippen LogP contribution in [0.1, 0.15) is 31.3 Å². The molecule has 5 heteroatoms. The van der Waals surface area contributed by atoms with E-state index in [4.69, 9.17) is 0 Å². The number of aromatic nitrogens is 3. The molecule has 0 amide bonds. The molecule has 19 heavy (non-hydrogen) atoms. The van der Waals surface area contributed by atoms with Crippen molar-refractivity contribution in [3.05, 3.63) is 21.0 Å². The molecule has 2 bridgehead atoms. The van der Waals surface area contributed by atoms with Crippen LogP contribution >= 0.6 is 0 Å². The largest absolute Gasteiger partial charge is 0.347 e. The van der Waals surface area contributed by atoms with E-state index < -0.39 is 0 Å². The van der Waals surface area contributed by atoms with Crippen molar-refractivity contribution in [1.29, 1.82) is 0 Å². The summed E-state index contributed by atoms with van der Waals surface area (Å²) >= 11 is 0. The molecular formula is C14H15N3O2. The molecule has 0 radical (unpaired) electrons. The summed E-state index contributed by atoms with van der Waals surface area (Å²) in [4.78, 5) is 24.8. The van der Waals surface area contributed by atoms with Crippen molar-refractivity contribution in [2.24, 2.45) is 41.5 Å². The molecule has 0 N–H and O–H groups in total. The lowest BCUT2D eigenvalue weighted by molar-refractivity contribution is -0.541. The van der Waals surface area contributed by atoms with E-state index in [2.05, 4.69) is 0 Å². The molecule has 5 saturated carbocycles. The normalized spacial score (nSPS) is 63.2. The molecule has 5 aliphatic carbocycles. The molecule has 5 fully saturated rings. The summed E-state index contributed by atoms with van der Waals surface area (Å²) in [6, 6.07) is 0.753. The third-order valence-electron chi connectivity index (χ3n) is 8.41.